The highest BCUT2D eigenvalue weighted by Gasteiger charge is 2.12. The summed E-state index contributed by atoms with van der Waals surface area (Å²) in [5, 5.41) is 3.57. The molecule has 0 aliphatic rings. The van der Waals surface area contributed by atoms with Crippen LogP contribution in [0.25, 0.3) is 0 Å². The number of amides is 1. The van der Waals surface area contributed by atoms with Gasteiger partial charge in [0.05, 0.1) is 13.1 Å². The molecule has 0 heterocycles. The van der Waals surface area contributed by atoms with Crippen molar-refractivity contribution in [2.45, 2.75) is 27.7 Å². The van der Waals surface area contributed by atoms with E-state index in [9.17, 15) is 4.79 Å². The second-order valence-electron chi connectivity index (χ2n) is 5.27. The topological polar surface area (TPSA) is 33.5 Å². The highest BCUT2D eigenvalue weighted by molar-refractivity contribution is 6.31. The van der Waals surface area contributed by atoms with E-state index in [1.165, 1.54) is 10.5 Å². The molecule has 0 aliphatic carbocycles. The highest BCUT2D eigenvalue weighted by atomic mass is 35.5. The fraction of sp³-hybridized carbons (Fsp3) is 0.438. The second-order valence-corrected chi connectivity index (χ2v) is 5.71. The normalized spacial score (nSPS) is 11.8. The van der Waals surface area contributed by atoms with Crippen LogP contribution in [0.1, 0.15) is 26.3 Å². The Morgan fingerprint density at radius 2 is 2.10 bits per heavy atom. The summed E-state index contributed by atoms with van der Waals surface area (Å²) in [6.45, 7) is 10.5. The number of rotatable bonds is 6. The minimum atomic E-state index is 0.0226. The molecule has 0 saturated carbocycles. The van der Waals surface area contributed by atoms with Crippen molar-refractivity contribution in [2.24, 2.45) is 0 Å². The number of carbonyl (C=O) groups excluding carboxylic acids is 1. The van der Waals surface area contributed by atoms with E-state index in [2.05, 4.69) is 32.2 Å². The predicted octanol–water partition coefficient (Wildman–Crippen LogP) is 2.46. The Kier molecular flexibility index (Phi) is 6.76. The fourth-order valence-electron chi connectivity index (χ4n) is 1.84. The van der Waals surface area contributed by atoms with Crippen LogP contribution in [-0.4, -0.2) is 25.5 Å². The molecule has 2 N–H and O–H groups in total. The van der Waals surface area contributed by atoms with Gasteiger partial charge in [-0.2, -0.15) is 0 Å². The number of anilines is 1. The number of halogens is 1. The van der Waals surface area contributed by atoms with Crippen LogP contribution in [0.5, 0.6) is 0 Å². The maximum atomic E-state index is 12.1. The average Bonchev–Trinajstić information content (AvgIpc) is 2.38. The monoisotopic (exact) mass is 295 g/mol. The minimum absolute atomic E-state index is 0.0226. The van der Waals surface area contributed by atoms with Crippen LogP contribution in [0.3, 0.4) is 0 Å². The highest BCUT2D eigenvalue weighted by Crippen LogP contribution is 2.19. The van der Waals surface area contributed by atoms with Gasteiger partial charge < -0.3 is 10.2 Å². The Balaban J connectivity index is 2.62. The average molecular weight is 296 g/mol. The number of likely N-dealkylation sites (N-methyl/N-ethyl adjacent to an activating group) is 1. The predicted molar refractivity (Wildman–Crippen MR) is 85.5 cm³/mol. The Hall–Kier alpha value is -1.32. The molecule has 4 heteroatoms. The first-order valence-corrected chi connectivity index (χ1v) is 7.33. The quantitative estimate of drug-likeness (QED) is 0.777. The molecule has 0 aliphatic heterocycles. The molecule has 1 rings (SSSR count). The van der Waals surface area contributed by atoms with Gasteiger partial charge in [0.15, 0.2) is 6.54 Å². The molecule has 1 unspecified atom stereocenters. The summed E-state index contributed by atoms with van der Waals surface area (Å²) >= 11 is 5.95. The SMILES string of the molecule is CC[NH+](CC=C(C)C)CC(=O)Nc1cc(Cl)ccc1C. The van der Waals surface area contributed by atoms with Crippen molar-refractivity contribution in [2.75, 3.05) is 25.0 Å². The largest absolute Gasteiger partial charge is 0.324 e. The standard InChI is InChI=1S/C16H23ClN2O/c1-5-19(9-8-12(2)3)11-16(20)18-15-10-14(17)7-6-13(15)4/h6-8,10H,5,9,11H2,1-4H3,(H,18,20)/p+1. The van der Waals surface area contributed by atoms with Crippen LogP contribution >= 0.6 is 11.6 Å². The van der Waals surface area contributed by atoms with Gasteiger partial charge in [0.1, 0.15) is 0 Å². The number of quaternary nitrogens is 1. The molecule has 0 bridgehead atoms. The molecule has 1 aromatic rings. The number of carbonyl (C=O) groups is 1. The summed E-state index contributed by atoms with van der Waals surface area (Å²) in [4.78, 5) is 13.3. The van der Waals surface area contributed by atoms with E-state index in [1.54, 1.807) is 6.07 Å². The first-order valence-electron chi connectivity index (χ1n) is 6.95. The van der Waals surface area contributed by atoms with E-state index < -0.39 is 0 Å². The van der Waals surface area contributed by atoms with Gasteiger partial charge >= 0.3 is 0 Å². The molecule has 0 spiro atoms. The van der Waals surface area contributed by atoms with Gasteiger partial charge in [-0.1, -0.05) is 23.2 Å². The molecule has 0 fully saturated rings. The van der Waals surface area contributed by atoms with E-state index in [1.807, 2.05) is 19.1 Å². The smallest absolute Gasteiger partial charge is 0.279 e. The maximum absolute atomic E-state index is 12.1. The summed E-state index contributed by atoms with van der Waals surface area (Å²) in [6, 6.07) is 5.52. The second kappa shape index (κ2) is 8.08. The van der Waals surface area contributed by atoms with Gasteiger partial charge in [-0.25, -0.2) is 0 Å². The summed E-state index contributed by atoms with van der Waals surface area (Å²) in [5.41, 5.74) is 3.09. The van der Waals surface area contributed by atoms with E-state index in [4.69, 9.17) is 11.6 Å². The number of nitrogens with one attached hydrogen (secondary N) is 2. The first-order chi connectivity index (χ1) is 9.42. The summed E-state index contributed by atoms with van der Waals surface area (Å²) in [5.74, 6) is 0.0226. The zero-order chi connectivity index (χ0) is 15.1. The van der Waals surface area contributed by atoms with Gasteiger partial charge in [-0.3, -0.25) is 4.79 Å². The van der Waals surface area contributed by atoms with Gasteiger partial charge in [0, 0.05) is 10.7 Å². The molecule has 110 valence electrons. The van der Waals surface area contributed by atoms with Crippen molar-refractivity contribution in [1.82, 2.24) is 0 Å². The van der Waals surface area contributed by atoms with Crippen molar-refractivity contribution >= 4 is 23.2 Å². The van der Waals surface area contributed by atoms with E-state index in [0.29, 0.717) is 11.6 Å². The van der Waals surface area contributed by atoms with Crippen molar-refractivity contribution in [1.29, 1.82) is 0 Å². The van der Waals surface area contributed by atoms with Crippen LogP contribution in [0.4, 0.5) is 5.69 Å². The lowest BCUT2D eigenvalue weighted by molar-refractivity contribution is -0.883. The van der Waals surface area contributed by atoms with Crippen molar-refractivity contribution in [3.63, 3.8) is 0 Å². The zero-order valence-electron chi connectivity index (χ0n) is 12.7. The third-order valence-corrected chi connectivity index (χ3v) is 3.42. The molecule has 1 aromatic carbocycles. The molecule has 20 heavy (non-hydrogen) atoms. The Labute approximate surface area is 126 Å². The van der Waals surface area contributed by atoms with Crippen LogP contribution in [0, 0.1) is 6.92 Å². The number of allylic oxidation sites excluding steroid dienone is 1. The van der Waals surface area contributed by atoms with Crippen molar-refractivity contribution in [3.05, 3.63) is 40.4 Å². The number of hydrogen-bond donors (Lipinski definition) is 2. The van der Waals surface area contributed by atoms with Crippen molar-refractivity contribution in [3.8, 4) is 0 Å². The van der Waals surface area contributed by atoms with Gasteiger partial charge in [-0.15, -0.1) is 0 Å². The van der Waals surface area contributed by atoms with Crippen LogP contribution < -0.4 is 10.2 Å². The molecule has 0 saturated heterocycles. The third-order valence-electron chi connectivity index (χ3n) is 3.18. The lowest BCUT2D eigenvalue weighted by Crippen LogP contribution is -3.12. The fourth-order valence-corrected chi connectivity index (χ4v) is 2.01. The van der Waals surface area contributed by atoms with E-state index >= 15 is 0 Å². The van der Waals surface area contributed by atoms with E-state index in [-0.39, 0.29) is 5.91 Å². The molecular formula is C16H24ClN2O+. The molecule has 3 nitrogen and oxygen atoms in total. The Morgan fingerprint density at radius 1 is 1.40 bits per heavy atom. The lowest BCUT2D eigenvalue weighted by Gasteiger charge is -2.16. The summed E-state index contributed by atoms with van der Waals surface area (Å²) < 4.78 is 0. The molecular weight excluding hydrogens is 272 g/mol. The number of aryl methyl sites for hydroxylation is 1. The minimum Gasteiger partial charge on any atom is -0.324 e. The third kappa shape index (κ3) is 5.76. The molecule has 1 amide bonds. The Bertz CT molecular complexity index is 493. The van der Waals surface area contributed by atoms with Gasteiger partial charge in [-0.05, 0) is 51.5 Å². The zero-order valence-corrected chi connectivity index (χ0v) is 13.5. The maximum Gasteiger partial charge on any atom is 0.279 e. The lowest BCUT2D eigenvalue weighted by atomic mass is 10.2. The van der Waals surface area contributed by atoms with Gasteiger partial charge in [0.25, 0.3) is 5.91 Å². The first kappa shape index (κ1) is 16.7. The Morgan fingerprint density at radius 3 is 2.70 bits per heavy atom. The molecule has 0 radical (unpaired) electrons. The van der Waals surface area contributed by atoms with Crippen LogP contribution in [-0.2, 0) is 4.79 Å². The summed E-state index contributed by atoms with van der Waals surface area (Å²) in [7, 11) is 0. The van der Waals surface area contributed by atoms with Crippen molar-refractivity contribution < 1.29 is 9.69 Å². The van der Waals surface area contributed by atoms with Crippen LogP contribution in [0.2, 0.25) is 5.02 Å². The van der Waals surface area contributed by atoms with Crippen LogP contribution in [0.15, 0.2) is 29.8 Å². The van der Waals surface area contributed by atoms with E-state index in [0.717, 1.165) is 24.3 Å². The molecule has 0 aromatic heterocycles. The van der Waals surface area contributed by atoms with Gasteiger partial charge in [0.2, 0.25) is 0 Å². The number of hydrogen-bond acceptors (Lipinski definition) is 1. The number of benzene rings is 1. The summed E-state index contributed by atoms with van der Waals surface area (Å²) in [6.07, 6.45) is 2.16. The molecule has 1 atom stereocenters.